The maximum absolute atomic E-state index is 12.8. The molecule has 62 heavy (non-hydrogen) atoms. The summed E-state index contributed by atoms with van der Waals surface area (Å²) in [4.78, 5) is 4.40. The van der Waals surface area contributed by atoms with Crippen molar-refractivity contribution in [1.29, 1.82) is 0 Å². The molecule has 4 aromatic rings. The molecule has 0 saturated heterocycles. The summed E-state index contributed by atoms with van der Waals surface area (Å²) in [6, 6.07) is 22.7. The second-order valence-electron chi connectivity index (χ2n) is 17.6. The molecule has 4 aromatic carbocycles. The van der Waals surface area contributed by atoms with Gasteiger partial charge in [-0.25, -0.2) is 4.99 Å². The molecule has 4 N–H and O–H groups in total. The van der Waals surface area contributed by atoms with Gasteiger partial charge in [-0.05, 0) is 126 Å². The van der Waals surface area contributed by atoms with Gasteiger partial charge in [-0.1, -0.05) is 73.6 Å². The summed E-state index contributed by atoms with van der Waals surface area (Å²) in [5.41, 5.74) is 6.17. The molecule has 6 rings (SSSR count). The molecule has 2 aliphatic rings. The Labute approximate surface area is 364 Å². The van der Waals surface area contributed by atoms with Gasteiger partial charge in [0.2, 0.25) is 0 Å². The number of fused-ring (bicyclic) bond motifs is 2. The average molecular weight is 903 g/mol. The van der Waals surface area contributed by atoms with Crippen molar-refractivity contribution in [3.8, 4) is 22.5 Å². The maximum atomic E-state index is 12.8. The minimum Gasteiger partial charge on any atom is -0.456 e. The number of hydrogen-bond donors (Lipinski definition) is 4. The van der Waals surface area contributed by atoms with Crippen molar-refractivity contribution in [2.24, 2.45) is 28.7 Å². The highest BCUT2D eigenvalue weighted by Gasteiger charge is 2.25. The molecule has 0 saturated carbocycles. The zero-order chi connectivity index (χ0) is 45.5. The van der Waals surface area contributed by atoms with Crippen LogP contribution in [0.1, 0.15) is 77.6 Å². The highest BCUT2D eigenvalue weighted by atomic mass is 32.2. The second kappa shape index (κ2) is 18.1. The van der Waals surface area contributed by atoms with Crippen molar-refractivity contribution in [1.82, 2.24) is 0 Å². The smallest absolute Gasteiger partial charge is 0.295 e. The predicted molar refractivity (Wildman–Crippen MR) is 243 cm³/mol. The fraction of sp³-hybridized carbons (Fsp3) is 0.340. The van der Waals surface area contributed by atoms with Gasteiger partial charge in [0.1, 0.15) is 16.2 Å². The molecular weight excluding hydrogens is 849 g/mol. The maximum Gasteiger partial charge on any atom is 0.295 e. The van der Waals surface area contributed by atoms with E-state index < -0.39 is 30.4 Å². The molecule has 0 spiro atoms. The lowest BCUT2D eigenvalue weighted by Gasteiger charge is -2.21. The highest BCUT2D eigenvalue weighted by molar-refractivity contribution is 7.86. The van der Waals surface area contributed by atoms with Crippen LogP contribution in [0.2, 0.25) is 0 Å². The van der Waals surface area contributed by atoms with Gasteiger partial charge in [0.25, 0.3) is 30.4 Å². The fourth-order valence-electron chi connectivity index (χ4n) is 7.95. The third-order valence-corrected chi connectivity index (χ3v) is 12.8. The molecule has 0 atom stereocenters. The minimum atomic E-state index is -4.69. The highest BCUT2D eigenvalue weighted by Crippen LogP contribution is 2.44. The summed E-state index contributed by atoms with van der Waals surface area (Å²) < 4.78 is 112. The van der Waals surface area contributed by atoms with Crippen LogP contribution in [-0.2, 0) is 56.0 Å². The molecule has 15 heteroatoms. The van der Waals surface area contributed by atoms with E-state index in [9.17, 15) is 38.9 Å². The summed E-state index contributed by atoms with van der Waals surface area (Å²) in [7, 11) is -13.7. The zero-order valence-corrected chi connectivity index (χ0v) is 38.5. The van der Waals surface area contributed by atoms with Gasteiger partial charge in [0, 0.05) is 45.6 Å². The molecule has 0 fully saturated rings. The number of benzene rings is 5. The standard InChI is InChI=1S/C47H54N2O10S3/c1-27(2)17-31-21-37(60(50,51)52)22-32(18-28(3)4)46(31)48-35-13-15-39-42(25-35)59-43-26-36(14-16-40(43)45(39)41-11-9-10-12-44(41)62(56,57)58)49-47-33(19-29(5)6)23-38(61(53,54)55)24-34(47)20-30(7)8/h9-16,21-30,48H,17-20H2,1-8H3,(H,50,51,52)(H,53,54,55)(H,56,57,58). The van der Waals surface area contributed by atoms with Gasteiger partial charge < -0.3 is 9.73 Å². The summed E-state index contributed by atoms with van der Waals surface area (Å²) in [5, 5.41) is 4.52. The number of hydrogen-bond acceptors (Lipinski definition) is 9. The Morgan fingerprint density at radius 3 is 1.56 bits per heavy atom. The molecule has 0 radical (unpaired) electrons. The Morgan fingerprint density at radius 1 is 0.565 bits per heavy atom. The number of nitrogens with one attached hydrogen (secondary N) is 1. The largest absolute Gasteiger partial charge is 0.456 e. The summed E-state index contributed by atoms with van der Waals surface area (Å²) in [6.45, 7) is 16.1. The van der Waals surface area contributed by atoms with Crippen LogP contribution >= 0.6 is 0 Å². The molecule has 1 heterocycles. The van der Waals surface area contributed by atoms with Crippen molar-refractivity contribution >= 4 is 58.4 Å². The monoisotopic (exact) mass is 902 g/mol. The molecule has 0 aromatic heterocycles. The van der Waals surface area contributed by atoms with Crippen LogP contribution in [-0.4, -0.2) is 38.9 Å². The number of nitrogens with zero attached hydrogens (tertiary/aromatic N) is 1. The van der Waals surface area contributed by atoms with Crippen LogP contribution < -0.4 is 10.7 Å². The minimum absolute atomic E-state index is 0.127. The van der Waals surface area contributed by atoms with Crippen LogP contribution in [0, 0.1) is 23.7 Å². The van der Waals surface area contributed by atoms with E-state index in [0.717, 1.165) is 0 Å². The number of rotatable bonds is 15. The average Bonchev–Trinajstić information content (AvgIpc) is 3.14. The van der Waals surface area contributed by atoms with Gasteiger partial charge in [0.05, 0.1) is 20.8 Å². The van der Waals surface area contributed by atoms with E-state index >= 15 is 0 Å². The van der Waals surface area contributed by atoms with Crippen molar-refractivity contribution in [2.45, 2.75) is 95.8 Å². The molecule has 0 amide bonds. The lowest BCUT2D eigenvalue weighted by Crippen LogP contribution is -2.10. The van der Waals surface area contributed by atoms with E-state index in [1.54, 1.807) is 42.5 Å². The van der Waals surface area contributed by atoms with E-state index in [0.29, 0.717) is 98.2 Å². The van der Waals surface area contributed by atoms with Crippen LogP contribution in [0.5, 0.6) is 0 Å². The lowest BCUT2D eigenvalue weighted by molar-refractivity contribution is 0.480. The lowest BCUT2D eigenvalue weighted by atomic mass is 9.92. The summed E-state index contributed by atoms with van der Waals surface area (Å²) >= 11 is 0. The van der Waals surface area contributed by atoms with Crippen molar-refractivity contribution in [2.75, 3.05) is 5.32 Å². The molecule has 1 aliphatic carbocycles. The van der Waals surface area contributed by atoms with Crippen molar-refractivity contribution in [3.63, 3.8) is 0 Å². The quantitative estimate of drug-likeness (QED) is 0.0564. The zero-order valence-electron chi connectivity index (χ0n) is 36.1. The number of anilines is 2. The summed E-state index contributed by atoms with van der Waals surface area (Å²) in [6.07, 6.45) is 1.99. The Balaban J connectivity index is 1.65. The molecule has 1 aliphatic heterocycles. The first-order valence-electron chi connectivity index (χ1n) is 20.5. The van der Waals surface area contributed by atoms with E-state index in [-0.39, 0.29) is 43.9 Å². The third kappa shape index (κ3) is 10.8. The van der Waals surface area contributed by atoms with Gasteiger partial charge in [-0.3, -0.25) is 13.7 Å². The van der Waals surface area contributed by atoms with Gasteiger partial charge in [-0.15, -0.1) is 0 Å². The molecule has 0 bridgehead atoms. The van der Waals surface area contributed by atoms with E-state index in [2.05, 4.69) is 5.32 Å². The SMILES string of the molecule is CC(C)Cc1cc(S(=O)(=O)O)cc(CC(C)C)c1N=c1ccc2c(-c3ccccc3S(=O)(=O)O)c3ccc(Nc4c(CC(C)C)cc(S(=O)(=O)O)cc4CC(C)C)cc3oc-2c1. The van der Waals surface area contributed by atoms with E-state index in [1.165, 1.54) is 36.4 Å². The van der Waals surface area contributed by atoms with Gasteiger partial charge in [-0.2, -0.15) is 25.3 Å². The van der Waals surface area contributed by atoms with Crippen LogP contribution in [0.25, 0.3) is 33.4 Å². The molecular formula is C47H54N2O10S3. The van der Waals surface area contributed by atoms with Crippen LogP contribution in [0.4, 0.5) is 17.1 Å². The van der Waals surface area contributed by atoms with Gasteiger partial charge in [0.15, 0.2) is 0 Å². The van der Waals surface area contributed by atoms with Crippen LogP contribution in [0.15, 0.2) is 109 Å². The third-order valence-electron chi connectivity index (χ3n) is 10.3. The molecule has 0 unspecified atom stereocenters. The first kappa shape index (κ1) is 46.6. The molecule has 330 valence electrons. The predicted octanol–water partition coefficient (Wildman–Crippen LogP) is 10.7. The Morgan fingerprint density at radius 2 is 1.06 bits per heavy atom. The Bertz CT molecular complexity index is 2980. The second-order valence-corrected chi connectivity index (χ2v) is 21.9. The van der Waals surface area contributed by atoms with Gasteiger partial charge >= 0.3 is 0 Å². The van der Waals surface area contributed by atoms with Crippen LogP contribution in [0.3, 0.4) is 0 Å². The normalized spacial score (nSPS) is 13.1. The van der Waals surface area contributed by atoms with Crippen molar-refractivity contribution < 1.29 is 43.3 Å². The van der Waals surface area contributed by atoms with E-state index in [4.69, 9.17) is 9.41 Å². The first-order valence-corrected chi connectivity index (χ1v) is 24.9. The fourth-order valence-corrected chi connectivity index (χ4v) is 9.81. The van der Waals surface area contributed by atoms with Crippen molar-refractivity contribution in [3.05, 3.63) is 113 Å². The van der Waals surface area contributed by atoms with E-state index in [1.807, 2.05) is 61.5 Å². The topological polar surface area (TPSA) is 201 Å². The summed E-state index contributed by atoms with van der Waals surface area (Å²) in [5.74, 6) is 0.876. The Hall–Kier alpha value is -4.90. The molecule has 12 nitrogen and oxygen atoms in total. The first-order chi connectivity index (χ1) is 28.9. The Kier molecular flexibility index (Phi) is 13.6.